The molecule has 5 nitrogen and oxygen atoms in total. The molecule has 0 unspecified atom stereocenters. The normalized spacial score (nSPS) is 10.8. The van der Waals surface area contributed by atoms with Gasteiger partial charge >= 0.3 is 5.97 Å². The molecule has 0 aliphatic rings. The predicted octanol–water partition coefficient (Wildman–Crippen LogP) is 4.40. The molecular formula is C19H24N2O3S. The van der Waals surface area contributed by atoms with Gasteiger partial charge in [-0.05, 0) is 72.9 Å². The summed E-state index contributed by atoms with van der Waals surface area (Å²) in [6.07, 6.45) is 0.943. The van der Waals surface area contributed by atoms with Gasteiger partial charge < -0.3 is 4.74 Å². The number of ether oxygens (including phenoxy) is 1. The number of thiophene rings is 1. The summed E-state index contributed by atoms with van der Waals surface area (Å²) in [5, 5.41) is 18.5. The van der Waals surface area contributed by atoms with Crippen LogP contribution in [0.25, 0.3) is 0 Å². The molecule has 0 radical (unpaired) electrons. The number of rotatable bonds is 5. The molecule has 0 bridgehead atoms. The van der Waals surface area contributed by atoms with E-state index in [1.54, 1.807) is 12.1 Å². The first-order valence-corrected chi connectivity index (χ1v) is 9.02. The standard InChI is InChI=1S/C19H24N2O3S/c1-10(2)6-15-9-25-17(13(15)5)19(22)24-16-11(3)7-14(8-12(16)4)18(20)21-23/h7-10,23H,6H2,1-5H3,(H2,20,21). The van der Waals surface area contributed by atoms with Crippen LogP contribution in [0.2, 0.25) is 0 Å². The van der Waals surface area contributed by atoms with E-state index in [-0.39, 0.29) is 11.8 Å². The molecule has 2 aromatic rings. The molecule has 1 aromatic heterocycles. The highest BCUT2D eigenvalue weighted by Gasteiger charge is 2.19. The molecule has 0 aliphatic carbocycles. The first kappa shape index (κ1) is 19.1. The molecule has 0 fully saturated rings. The van der Waals surface area contributed by atoms with Gasteiger partial charge in [-0.1, -0.05) is 13.8 Å². The molecule has 0 saturated heterocycles. The van der Waals surface area contributed by atoms with Gasteiger partial charge in [0, 0.05) is 5.56 Å². The second-order valence-electron chi connectivity index (χ2n) is 6.63. The smallest absolute Gasteiger partial charge is 0.354 e. The van der Waals surface area contributed by atoms with E-state index in [0.29, 0.717) is 22.1 Å². The van der Waals surface area contributed by atoms with Crippen LogP contribution in [0.15, 0.2) is 17.5 Å². The SMILES string of the molecule is Cc1cc(C(=N)NO)cc(C)c1OC(=O)c1scc(CC(C)C)c1C. The third-order valence-electron chi connectivity index (χ3n) is 4.01. The topological polar surface area (TPSA) is 82.4 Å². The Morgan fingerprint density at radius 3 is 2.40 bits per heavy atom. The lowest BCUT2D eigenvalue weighted by Gasteiger charge is -2.13. The number of hydrogen-bond acceptors (Lipinski definition) is 5. The lowest BCUT2D eigenvalue weighted by molar-refractivity contribution is 0.0736. The van der Waals surface area contributed by atoms with Crippen LogP contribution in [0.3, 0.4) is 0 Å². The van der Waals surface area contributed by atoms with Gasteiger partial charge in [0.2, 0.25) is 0 Å². The molecule has 0 spiro atoms. The van der Waals surface area contributed by atoms with Crippen molar-refractivity contribution in [1.29, 1.82) is 5.41 Å². The molecule has 3 N–H and O–H groups in total. The number of aryl methyl sites for hydroxylation is 2. The summed E-state index contributed by atoms with van der Waals surface area (Å²) in [7, 11) is 0. The monoisotopic (exact) mass is 360 g/mol. The maximum atomic E-state index is 12.6. The van der Waals surface area contributed by atoms with Crippen LogP contribution in [0.4, 0.5) is 0 Å². The second-order valence-corrected chi connectivity index (χ2v) is 7.51. The van der Waals surface area contributed by atoms with Crippen LogP contribution < -0.4 is 10.2 Å². The highest BCUT2D eigenvalue weighted by Crippen LogP contribution is 2.29. The minimum atomic E-state index is -0.355. The highest BCUT2D eigenvalue weighted by molar-refractivity contribution is 7.12. The fourth-order valence-corrected chi connectivity index (χ4v) is 3.73. The van der Waals surface area contributed by atoms with E-state index in [9.17, 15) is 4.79 Å². The Morgan fingerprint density at radius 1 is 1.28 bits per heavy atom. The van der Waals surface area contributed by atoms with E-state index >= 15 is 0 Å². The largest absolute Gasteiger partial charge is 0.422 e. The van der Waals surface area contributed by atoms with Crippen molar-refractivity contribution in [2.45, 2.75) is 41.0 Å². The molecule has 1 heterocycles. The van der Waals surface area contributed by atoms with E-state index < -0.39 is 0 Å². The first-order chi connectivity index (χ1) is 11.7. The fourth-order valence-electron chi connectivity index (χ4n) is 2.75. The average molecular weight is 360 g/mol. The first-order valence-electron chi connectivity index (χ1n) is 8.14. The zero-order valence-corrected chi connectivity index (χ0v) is 16.0. The molecule has 6 heteroatoms. The summed E-state index contributed by atoms with van der Waals surface area (Å²) >= 11 is 1.42. The lowest BCUT2D eigenvalue weighted by atomic mass is 10.0. The molecule has 2 rings (SSSR count). The number of amidine groups is 1. The Morgan fingerprint density at radius 2 is 1.88 bits per heavy atom. The number of hydrogen-bond donors (Lipinski definition) is 3. The van der Waals surface area contributed by atoms with Crippen molar-refractivity contribution in [2.24, 2.45) is 5.92 Å². The van der Waals surface area contributed by atoms with E-state index in [0.717, 1.165) is 23.1 Å². The molecular weight excluding hydrogens is 336 g/mol. The summed E-state index contributed by atoms with van der Waals surface area (Å²) in [6.45, 7) is 9.90. The van der Waals surface area contributed by atoms with Crippen molar-refractivity contribution in [2.75, 3.05) is 0 Å². The van der Waals surface area contributed by atoms with Crippen molar-refractivity contribution in [1.82, 2.24) is 5.48 Å². The van der Waals surface area contributed by atoms with Gasteiger partial charge in [-0.2, -0.15) is 0 Å². The van der Waals surface area contributed by atoms with E-state index in [2.05, 4.69) is 13.8 Å². The maximum absolute atomic E-state index is 12.6. The fraction of sp³-hybridized carbons (Fsp3) is 0.368. The highest BCUT2D eigenvalue weighted by atomic mass is 32.1. The summed E-state index contributed by atoms with van der Waals surface area (Å²) in [5.41, 5.74) is 6.01. The van der Waals surface area contributed by atoms with Gasteiger partial charge in [0.15, 0.2) is 0 Å². The van der Waals surface area contributed by atoms with Gasteiger partial charge in [-0.15, -0.1) is 11.3 Å². The summed E-state index contributed by atoms with van der Waals surface area (Å²) in [5.74, 6) is 0.575. The van der Waals surface area contributed by atoms with Crippen molar-refractivity contribution < 1.29 is 14.7 Å². The van der Waals surface area contributed by atoms with Crippen molar-refractivity contribution >= 4 is 23.1 Å². The van der Waals surface area contributed by atoms with E-state index in [4.69, 9.17) is 15.4 Å². The number of benzene rings is 1. The van der Waals surface area contributed by atoms with Crippen LogP contribution in [-0.4, -0.2) is 17.0 Å². The number of carbonyl (C=O) groups is 1. The number of carbonyl (C=O) groups excluding carboxylic acids is 1. The molecule has 0 amide bonds. The van der Waals surface area contributed by atoms with Crippen molar-refractivity contribution in [3.05, 3.63) is 50.2 Å². The van der Waals surface area contributed by atoms with E-state index in [1.165, 1.54) is 16.9 Å². The Bertz CT molecular complexity index is 786. The molecule has 0 atom stereocenters. The molecule has 0 saturated carbocycles. The molecule has 25 heavy (non-hydrogen) atoms. The number of nitrogens with one attached hydrogen (secondary N) is 2. The quantitative estimate of drug-likeness (QED) is 0.243. The van der Waals surface area contributed by atoms with Crippen molar-refractivity contribution in [3.63, 3.8) is 0 Å². The average Bonchev–Trinajstić information content (AvgIpc) is 2.90. The second kappa shape index (κ2) is 7.80. The van der Waals surface area contributed by atoms with Crippen LogP contribution >= 0.6 is 11.3 Å². The zero-order chi connectivity index (χ0) is 18.7. The minimum Gasteiger partial charge on any atom is -0.422 e. The predicted molar refractivity (Wildman–Crippen MR) is 100 cm³/mol. The Kier molecular flexibility index (Phi) is 5.98. The summed E-state index contributed by atoms with van der Waals surface area (Å²) in [6, 6.07) is 3.40. The summed E-state index contributed by atoms with van der Waals surface area (Å²) < 4.78 is 5.65. The van der Waals surface area contributed by atoms with Gasteiger partial charge in [0.05, 0.1) is 0 Å². The van der Waals surface area contributed by atoms with Gasteiger partial charge in [-0.25, -0.2) is 4.79 Å². The van der Waals surface area contributed by atoms with Gasteiger partial charge in [0.25, 0.3) is 0 Å². The van der Waals surface area contributed by atoms with E-state index in [1.807, 2.05) is 31.6 Å². The van der Waals surface area contributed by atoms with Crippen LogP contribution in [0.5, 0.6) is 5.75 Å². The molecule has 0 aliphatic heterocycles. The third kappa shape index (κ3) is 4.27. The summed E-state index contributed by atoms with van der Waals surface area (Å²) in [4.78, 5) is 13.2. The molecule has 1 aromatic carbocycles. The minimum absolute atomic E-state index is 0.100. The van der Waals surface area contributed by atoms with Gasteiger partial charge in [-0.3, -0.25) is 16.1 Å². The Balaban J connectivity index is 2.27. The van der Waals surface area contributed by atoms with Crippen LogP contribution in [-0.2, 0) is 6.42 Å². The zero-order valence-electron chi connectivity index (χ0n) is 15.2. The van der Waals surface area contributed by atoms with Crippen LogP contribution in [0.1, 0.15) is 51.3 Å². The maximum Gasteiger partial charge on any atom is 0.354 e. The van der Waals surface area contributed by atoms with Gasteiger partial charge in [0.1, 0.15) is 16.5 Å². The van der Waals surface area contributed by atoms with Crippen molar-refractivity contribution in [3.8, 4) is 5.75 Å². The number of hydroxylamine groups is 1. The lowest BCUT2D eigenvalue weighted by Crippen LogP contribution is -2.19. The Hall–Kier alpha value is -2.18. The third-order valence-corrected chi connectivity index (χ3v) is 5.12. The van der Waals surface area contributed by atoms with Crippen LogP contribution in [0, 0.1) is 32.1 Å². The molecule has 134 valence electrons. The number of esters is 1. The Labute approximate surface area is 152 Å².